The van der Waals surface area contributed by atoms with E-state index in [1.54, 1.807) is 0 Å². The molecule has 0 aromatic carbocycles. The number of ether oxygens (including phenoxy) is 1. The molecule has 7 nitrogen and oxygen atoms in total. The zero-order chi connectivity index (χ0) is 13.6. The van der Waals surface area contributed by atoms with Gasteiger partial charge in [0.15, 0.2) is 11.6 Å². The van der Waals surface area contributed by atoms with Crippen LogP contribution in [0.3, 0.4) is 0 Å². The van der Waals surface area contributed by atoms with Gasteiger partial charge in [-0.2, -0.15) is 0 Å². The average molecular weight is 255 g/mol. The molecule has 1 aromatic heterocycles. The SMILES string of the molecule is CCC(O)(CC)CNc1ncnc(NN)c1OC. The fourth-order valence-corrected chi connectivity index (χ4v) is 1.54. The number of nitrogen functional groups attached to an aromatic ring is 1. The first-order chi connectivity index (χ1) is 8.60. The Balaban J connectivity index is 2.84. The Hall–Kier alpha value is -1.60. The molecular formula is C11H21N5O2. The van der Waals surface area contributed by atoms with E-state index in [-0.39, 0.29) is 0 Å². The molecule has 102 valence electrons. The van der Waals surface area contributed by atoms with Gasteiger partial charge in [0.2, 0.25) is 5.75 Å². The van der Waals surface area contributed by atoms with Crippen molar-refractivity contribution < 1.29 is 9.84 Å². The van der Waals surface area contributed by atoms with E-state index < -0.39 is 5.60 Å². The number of hydrogen-bond donors (Lipinski definition) is 4. The van der Waals surface area contributed by atoms with Crippen LogP contribution in [0, 0.1) is 0 Å². The van der Waals surface area contributed by atoms with Gasteiger partial charge in [-0.05, 0) is 12.8 Å². The normalized spacial score (nSPS) is 11.2. The molecule has 0 amide bonds. The van der Waals surface area contributed by atoms with Crippen molar-refractivity contribution in [1.82, 2.24) is 9.97 Å². The van der Waals surface area contributed by atoms with Crippen LogP contribution in [0.4, 0.5) is 11.6 Å². The van der Waals surface area contributed by atoms with E-state index in [1.165, 1.54) is 13.4 Å². The average Bonchev–Trinajstić information content (AvgIpc) is 2.44. The Morgan fingerprint density at radius 2 is 1.94 bits per heavy atom. The molecule has 1 rings (SSSR count). The molecule has 18 heavy (non-hydrogen) atoms. The van der Waals surface area contributed by atoms with Gasteiger partial charge in [0.1, 0.15) is 6.33 Å². The van der Waals surface area contributed by atoms with Crippen molar-refractivity contribution in [3.8, 4) is 5.75 Å². The van der Waals surface area contributed by atoms with E-state index in [2.05, 4.69) is 20.7 Å². The quantitative estimate of drug-likeness (QED) is 0.420. The maximum atomic E-state index is 10.2. The van der Waals surface area contributed by atoms with Gasteiger partial charge in [-0.1, -0.05) is 13.8 Å². The number of anilines is 2. The highest BCUT2D eigenvalue weighted by molar-refractivity contribution is 5.63. The van der Waals surface area contributed by atoms with Crippen LogP contribution in [-0.2, 0) is 0 Å². The van der Waals surface area contributed by atoms with Crippen LogP contribution in [0.5, 0.6) is 5.75 Å². The first-order valence-corrected chi connectivity index (χ1v) is 5.92. The maximum absolute atomic E-state index is 10.2. The summed E-state index contributed by atoms with van der Waals surface area (Å²) in [6.45, 7) is 4.27. The van der Waals surface area contributed by atoms with Crippen LogP contribution < -0.4 is 21.3 Å². The van der Waals surface area contributed by atoms with E-state index in [1.807, 2.05) is 13.8 Å². The Morgan fingerprint density at radius 1 is 1.33 bits per heavy atom. The Bertz CT molecular complexity index is 382. The summed E-state index contributed by atoms with van der Waals surface area (Å²) in [4.78, 5) is 8.01. The summed E-state index contributed by atoms with van der Waals surface area (Å²) < 4.78 is 5.19. The van der Waals surface area contributed by atoms with E-state index >= 15 is 0 Å². The summed E-state index contributed by atoms with van der Waals surface area (Å²) in [5.74, 6) is 6.65. The maximum Gasteiger partial charge on any atom is 0.205 e. The van der Waals surface area contributed by atoms with Crippen LogP contribution in [0.15, 0.2) is 6.33 Å². The third-order valence-corrected chi connectivity index (χ3v) is 3.05. The highest BCUT2D eigenvalue weighted by Gasteiger charge is 2.23. The minimum Gasteiger partial charge on any atom is -0.490 e. The molecule has 0 bridgehead atoms. The molecule has 0 unspecified atom stereocenters. The molecular weight excluding hydrogens is 234 g/mol. The van der Waals surface area contributed by atoms with E-state index in [9.17, 15) is 5.11 Å². The highest BCUT2D eigenvalue weighted by atomic mass is 16.5. The lowest BCUT2D eigenvalue weighted by atomic mass is 9.98. The second kappa shape index (κ2) is 6.36. The summed E-state index contributed by atoms with van der Waals surface area (Å²) in [6.07, 6.45) is 2.69. The van der Waals surface area contributed by atoms with Gasteiger partial charge < -0.3 is 20.6 Å². The number of nitrogens with one attached hydrogen (secondary N) is 2. The minimum atomic E-state index is -0.758. The van der Waals surface area contributed by atoms with Crippen LogP contribution in [-0.4, -0.2) is 34.3 Å². The number of aromatic nitrogens is 2. The molecule has 5 N–H and O–H groups in total. The molecule has 0 saturated heterocycles. The van der Waals surface area contributed by atoms with Crippen LogP contribution in [0.2, 0.25) is 0 Å². The number of rotatable bonds is 7. The molecule has 0 aliphatic rings. The number of nitrogens with two attached hydrogens (primary N) is 1. The Labute approximate surface area is 107 Å². The van der Waals surface area contributed by atoms with Gasteiger partial charge in [0, 0.05) is 6.54 Å². The number of nitrogens with zero attached hydrogens (tertiary/aromatic N) is 2. The van der Waals surface area contributed by atoms with E-state index in [0.29, 0.717) is 36.8 Å². The largest absolute Gasteiger partial charge is 0.490 e. The summed E-state index contributed by atoms with van der Waals surface area (Å²) in [7, 11) is 1.51. The number of methoxy groups -OCH3 is 1. The minimum absolute atomic E-state index is 0.386. The predicted octanol–water partition coefficient (Wildman–Crippen LogP) is 0.734. The molecule has 7 heteroatoms. The molecule has 0 saturated carbocycles. The number of hydrogen-bond acceptors (Lipinski definition) is 7. The van der Waals surface area contributed by atoms with Crippen molar-refractivity contribution in [2.24, 2.45) is 5.84 Å². The lowest BCUT2D eigenvalue weighted by molar-refractivity contribution is 0.0456. The van der Waals surface area contributed by atoms with Crippen molar-refractivity contribution in [3.63, 3.8) is 0 Å². The third-order valence-electron chi connectivity index (χ3n) is 3.05. The second-order valence-corrected chi connectivity index (χ2v) is 4.03. The summed E-state index contributed by atoms with van der Waals surface area (Å²) in [5.41, 5.74) is 1.68. The zero-order valence-electron chi connectivity index (χ0n) is 11.0. The second-order valence-electron chi connectivity index (χ2n) is 4.03. The third kappa shape index (κ3) is 3.21. The van der Waals surface area contributed by atoms with Crippen molar-refractivity contribution in [2.75, 3.05) is 24.4 Å². The van der Waals surface area contributed by atoms with Crippen LogP contribution in [0.1, 0.15) is 26.7 Å². The van der Waals surface area contributed by atoms with Gasteiger partial charge in [-0.3, -0.25) is 0 Å². The molecule has 1 aromatic rings. The fraction of sp³-hybridized carbons (Fsp3) is 0.636. The summed E-state index contributed by atoms with van der Waals surface area (Å²) in [6, 6.07) is 0. The molecule has 0 aliphatic carbocycles. The fourth-order valence-electron chi connectivity index (χ4n) is 1.54. The molecule has 1 heterocycles. The molecule has 0 fully saturated rings. The lowest BCUT2D eigenvalue weighted by Gasteiger charge is -2.26. The molecule has 0 atom stereocenters. The first-order valence-electron chi connectivity index (χ1n) is 5.92. The number of aliphatic hydroxyl groups is 1. The van der Waals surface area contributed by atoms with Crippen LogP contribution >= 0.6 is 0 Å². The van der Waals surface area contributed by atoms with Crippen molar-refractivity contribution in [3.05, 3.63) is 6.33 Å². The monoisotopic (exact) mass is 255 g/mol. The van der Waals surface area contributed by atoms with E-state index in [4.69, 9.17) is 10.6 Å². The van der Waals surface area contributed by atoms with Crippen molar-refractivity contribution in [2.45, 2.75) is 32.3 Å². The Kier molecular flexibility index (Phi) is 5.11. The Morgan fingerprint density at radius 3 is 2.44 bits per heavy atom. The van der Waals surface area contributed by atoms with Gasteiger partial charge in [0.25, 0.3) is 0 Å². The van der Waals surface area contributed by atoms with Gasteiger partial charge in [0.05, 0.1) is 12.7 Å². The van der Waals surface area contributed by atoms with Gasteiger partial charge >= 0.3 is 0 Å². The van der Waals surface area contributed by atoms with E-state index in [0.717, 1.165) is 0 Å². The smallest absolute Gasteiger partial charge is 0.205 e. The van der Waals surface area contributed by atoms with Crippen LogP contribution in [0.25, 0.3) is 0 Å². The van der Waals surface area contributed by atoms with Gasteiger partial charge in [-0.15, -0.1) is 0 Å². The standard InChI is InChI=1S/C11H21N5O2/c1-4-11(17,5-2)6-13-9-8(18-3)10(16-12)15-7-14-9/h7,17H,4-6,12H2,1-3H3,(H2,13,14,15,16). The van der Waals surface area contributed by atoms with Gasteiger partial charge in [-0.25, -0.2) is 15.8 Å². The van der Waals surface area contributed by atoms with Crippen molar-refractivity contribution >= 4 is 11.6 Å². The molecule has 0 radical (unpaired) electrons. The van der Waals surface area contributed by atoms with Crippen molar-refractivity contribution in [1.29, 1.82) is 0 Å². The first kappa shape index (κ1) is 14.5. The number of hydrazine groups is 1. The zero-order valence-corrected chi connectivity index (χ0v) is 11.0. The highest BCUT2D eigenvalue weighted by Crippen LogP contribution is 2.28. The summed E-state index contributed by atoms with van der Waals surface area (Å²) in [5, 5.41) is 13.3. The predicted molar refractivity (Wildman–Crippen MR) is 70.4 cm³/mol. The molecule has 0 aliphatic heterocycles. The lowest BCUT2D eigenvalue weighted by Crippen LogP contribution is -2.35. The molecule has 0 spiro atoms. The summed E-state index contributed by atoms with van der Waals surface area (Å²) >= 11 is 0. The topological polar surface area (TPSA) is 105 Å².